The lowest BCUT2D eigenvalue weighted by molar-refractivity contribution is -0.121. The van der Waals surface area contributed by atoms with Crippen LogP contribution in [0.1, 0.15) is 18.9 Å². The van der Waals surface area contributed by atoms with Gasteiger partial charge in [0.05, 0.1) is 24.5 Å². The van der Waals surface area contributed by atoms with Crippen LogP contribution in [0.2, 0.25) is 0 Å². The summed E-state index contributed by atoms with van der Waals surface area (Å²) in [5.41, 5.74) is 2.98. The molecule has 0 aliphatic carbocycles. The monoisotopic (exact) mass is 408 g/mol. The zero-order valence-corrected chi connectivity index (χ0v) is 17.5. The van der Waals surface area contributed by atoms with Crippen LogP contribution in [-0.2, 0) is 17.9 Å². The molecular formula is C23H28N4O3. The number of amides is 1. The van der Waals surface area contributed by atoms with Gasteiger partial charge < -0.3 is 19.4 Å². The molecule has 0 saturated heterocycles. The fraction of sp³-hybridized carbons (Fsp3) is 0.391. The molecule has 0 saturated carbocycles. The van der Waals surface area contributed by atoms with Crippen LogP contribution < -0.4 is 14.8 Å². The summed E-state index contributed by atoms with van der Waals surface area (Å²) < 4.78 is 13.4. The Balaban J connectivity index is 1.34. The fourth-order valence-electron chi connectivity index (χ4n) is 3.81. The van der Waals surface area contributed by atoms with E-state index in [4.69, 9.17) is 9.47 Å². The molecule has 0 radical (unpaired) electrons. The maximum absolute atomic E-state index is 12.4. The number of hydrogen-bond donors (Lipinski definition) is 1. The predicted octanol–water partition coefficient (Wildman–Crippen LogP) is 2.83. The third kappa shape index (κ3) is 4.57. The summed E-state index contributed by atoms with van der Waals surface area (Å²) in [4.78, 5) is 19.1. The van der Waals surface area contributed by atoms with Gasteiger partial charge in [0.15, 0.2) is 0 Å². The van der Waals surface area contributed by atoms with Crippen LogP contribution in [0.5, 0.6) is 11.5 Å². The van der Waals surface area contributed by atoms with Crippen molar-refractivity contribution < 1.29 is 14.3 Å². The number of nitrogens with one attached hydrogen (secondary N) is 1. The quantitative estimate of drug-likeness (QED) is 0.651. The lowest BCUT2D eigenvalue weighted by atomic mass is 10.2. The summed E-state index contributed by atoms with van der Waals surface area (Å²) in [5.74, 6) is 1.73. The Hall–Kier alpha value is -3.06. The molecule has 4 rings (SSSR count). The Morgan fingerprint density at radius 3 is 3.00 bits per heavy atom. The summed E-state index contributed by atoms with van der Waals surface area (Å²) in [6, 6.07) is 13.8. The highest BCUT2D eigenvalue weighted by molar-refractivity contribution is 5.80. The number of ether oxygens (including phenoxy) is 2. The number of hydrogen-bond acceptors (Lipinski definition) is 5. The van der Waals surface area contributed by atoms with Gasteiger partial charge in [-0.3, -0.25) is 9.69 Å². The van der Waals surface area contributed by atoms with Gasteiger partial charge >= 0.3 is 0 Å². The van der Waals surface area contributed by atoms with Gasteiger partial charge in [0, 0.05) is 31.7 Å². The lowest BCUT2D eigenvalue weighted by Gasteiger charge is -2.23. The second kappa shape index (κ2) is 9.17. The average Bonchev–Trinajstić information content (AvgIpc) is 3.07. The van der Waals surface area contributed by atoms with Gasteiger partial charge in [-0.1, -0.05) is 19.1 Å². The molecule has 1 aliphatic rings. The number of fused-ring (bicyclic) bond motifs is 2. The van der Waals surface area contributed by atoms with Gasteiger partial charge in [0.25, 0.3) is 0 Å². The molecule has 0 spiro atoms. The molecule has 0 bridgehead atoms. The molecule has 1 N–H and O–H groups in total. The van der Waals surface area contributed by atoms with Crippen LogP contribution in [0, 0.1) is 0 Å². The van der Waals surface area contributed by atoms with E-state index >= 15 is 0 Å². The Labute approximate surface area is 176 Å². The molecular weight excluding hydrogens is 380 g/mol. The minimum Gasteiger partial charge on any atom is -0.497 e. The van der Waals surface area contributed by atoms with E-state index < -0.39 is 0 Å². The van der Waals surface area contributed by atoms with E-state index in [-0.39, 0.29) is 18.6 Å². The van der Waals surface area contributed by atoms with Crippen molar-refractivity contribution in [2.24, 2.45) is 0 Å². The number of imidazole rings is 1. The van der Waals surface area contributed by atoms with Gasteiger partial charge in [-0.05, 0) is 36.8 Å². The highest BCUT2D eigenvalue weighted by Crippen LogP contribution is 2.29. The third-order valence-electron chi connectivity index (χ3n) is 5.46. The number of aromatic nitrogens is 2. The summed E-state index contributed by atoms with van der Waals surface area (Å²) in [7, 11) is 1.67. The van der Waals surface area contributed by atoms with Crippen molar-refractivity contribution in [3.8, 4) is 11.5 Å². The molecule has 1 unspecified atom stereocenters. The van der Waals surface area contributed by atoms with E-state index in [1.807, 2.05) is 47.0 Å². The molecule has 1 aliphatic heterocycles. The molecule has 7 heteroatoms. The van der Waals surface area contributed by atoms with E-state index in [2.05, 4.69) is 22.1 Å². The average molecular weight is 409 g/mol. The first-order valence-electron chi connectivity index (χ1n) is 10.4. The van der Waals surface area contributed by atoms with Crippen molar-refractivity contribution in [3.05, 3.63) is 54.4 Å². The van der Waals surface area contributed by atoms with Gasteiger partial charge in [-0.25, -0.2) is 4.98 Å². The minimum absolute atomic E-state index is 0.0154. The van der Waals surface area contributed by atoms with Crippen LogP contribution in [-0.4, -0.2) is 53.2 Å². The normalized spacial score (nSPS) is 16.5. The first kappa shape index (κ1) is 20.2. The first-order valence-corrected chi connectivity index (χ1v) is 10.4. The number of rotatable bonds is 7. The van der Waals surface area contributed by atoms with Crippen LogP contribution in [0.25, 0.3) is 11.0 Å². The van der Waals surface area contributed by atoms with Crippen molar-refractivity contribution in [1.82, 2.24) is 19.8 Å². The Kier molecular flexibility index (Phi) is 6.18. The first-order chi connectivity index (χ1) is 14.7. The van der Waals surface area contributed by atoms with Crippen LogP contribution in [0.3, 0.4) is 0 Å². The van der Waals surface area contributed by atoms with Crippen LogP contribution >= 0.6 is 0 Å². The topological polar surface area (TPSA) is 68.6 Å². The summed E-state index contributed by atoms with van der Waals surface area (Å²) >= 11 is 0. The fourth-order valence-corrected chi connectivity index (χ4v) is 3.81. The molecule has 1 amide bonds. The standard InChI is InChI=1S/C23H28N4O3/c1-3-18-14-26(13-17-12-19(29-2)8-9-22(17)30-18)11-10-24-23(28)15-27-16-25-20-6-4-5-7-21(20)27/h4-9,12,16,18H,3,10-11,13-15H2,1-2H3,(H,24,28). The molecule has 0 fully saturated rings. The highest BCUT2D eigenvalue weighted by atomic mass is 16.5. The maximum Gasteiger partial charge on any atom is 0.240 e. The Morgan fingerprint density at radius 1 is 1.30 bits per heavy atom. The zero-order chi connectivity index (χ0) is 20.9. The number of methoxy groups -OCH3 is 1. The van der Waals surface area contributed by atoms with Crippen molar-refractivity contribution in [2.45, 2.75) is 32.5 Å². The van der Waals surface area contributed by atoms with Crippen LogP contribution in [0.15, 0.2) is 48.8 Å². The summed E-state index contributed by atoms with van der Waals surface area (Å²) in [6.45, 7) is 5.34. The van der Waals surface area contributed by atoms with E-state index in [9.17, 15) is 4.79 Å². The molecule has 2 heterocycles. The number of carbonyl (C=O) groups is 1. The molecule has 2 aromatic carbocycles. The Morgan fingerprint density at radius 2 is 2.17 bits per heavy atom. The summed E-state index contributed by atoms with van der Waals surface area (Å²) in [6.07, 6.45) is 2.78. The second-order valence-corrected chi connectivity index (χ2v) is 7.57. The Bertz CT molecular complexity index is 1020. The second-order valence-electron chi connectivity index (χ2n) is 7.57. The SMILES string of the molecule is CCC1CN(CCNC(=O)Cn2cnc3ccccc32)Cc2cc(OC)ccc2O1. The zero-order valence-electron chi connectivity index (χ0n) is 17.5. The van der Waals surface area contributed by atoms with E-state index in [1.165, 1.54) is 0 Å². The third-order valence-corrected chi connectivity index (χ3v) is 5.46. The molecule has 7 nitrogen and oxygen atoms in total. The van der Waals surface area contributed by atoms with E-state index in [1.54, 1.807) is 13.4 Å². The van der Waals surface area contributed by atoms with Gasteiger partial charge in [-0.15, -0.1) is 0 Å². The van der Waals surface area contributed by atoms with E-state index in [0.717, 1.165) is 54.2 Å². The molecule has 1 atom stereocenters. The summed E-state index contributed by atoms with van der Waals surface area (Å²) in [5, 5.41) is 3.04. The number of nitrogens with zero attached hydrogens (tertiary/aromatic N) is 3. The van der Waals surface area contributed by atoms with Crippen molar-refractivity contribution in [1.29, 1.82) is 0 Å². The van der Waals surface area contributed by atoms with E-state index in [0.29, 0.717) is 6.54 Å². The minimum atomic E-state index is -0.0154. The van der Waals surface area contributed by atoms with Crippen molar-refractivity contribution in [3.63, 3.8) is 0 Å². The highest BCUT2D eigenvalue weighted by Gasteiger charge is 2.22. The number of benzene rings is 2. The molecule has 158 valence electrons. The largest absolute Gasteiger partial charge is 0.497 e. The maximum atomic E-state index is 12.4. The number of para-hydroxylation sites is 2. The van der Waals surface area contributed by atoms with Gasteiger partial charge in [0.1, 0.15) is 24.1 Å². The molecule has 1 aromatic heterocycles. The van der Waals surface area contributed by atoms with Gasteiger partial charge in [-0.2, -0.15) is 0 Å². The number of carbonyl (C=O) groups excluding carboxylic acids is 1. The van der Waals surface area contributed by atoms with Crippen molar-refractivity contribution in [2.75, 3.05) is 26.7 Å². The smallest absolute Gasteiger partial charge is 0.240 e. The van der Waals surface area contributed by atoms with Crippen LogP contribution in [0.4, 0.5) is 0 Å². The molecule has 30 heavy (non-hydrogen) atoms. The van der Waals surface area contributed by atoms with Gasteiger partial charge in [0.2, 0.25) is 5.91 Å². The molecule has 3 aromatic rings. The predicted molar refractivity (Wildman–Crippen MR) is 116 cm³/mol. The van der Waals surface area contributed by atoms with Crippen molar-refractivity contribution >= 4 is 16.9 Å². The lowest BCUT2D eigenvalue weighted by Crippen LogP contribution is -2.39.